The Morgan fingerprint density at radius 3 is 2.25 bits per heavy atom. The van der Waals surface area contributed by atoms with Gasteiger partial charge < -0.3 is 15.4 Å². The number of carbonyl (C=O) groups is 1. The maximum Gasteiger partial charge on any atom is 0.319 e. The first-order chi connectivity index (χ1) is 11.3. The standard InChI is InChI=1S/C20H26N2O2/c1-15(20(2,3)4)21-19(23)22-17-10-12-18(13-11-17)24-14-16-8-6-5-7-9-16/h5-13,15H,14H2,1-4H3,(H2,21,22,23). The Morgan fingerprint density at radius 1 is 1.04 bits per heavy atom. The van der Waals surface area contributed by atoms with E-state index in [0.717, 1.165) is 17.0 Å². The largest absolute Gasteiger partial charge is 0.489 e. The first kappa shape index (κ1) is 17.9. The lowest BCUT2D eigenvalue weighted by molar-refractivity contribution is 0.233. The number of amides is 2. The number of hydrogen-bond acceptors (Lipinski definition) is 2. The van der Waals surface area contributed by atoms with Crippen molar-refractivity contribution in [2.24, 2.45) is 5.41 Å². The molecule has 0 fully saturated rings. The van der Waals surface area contributed by atoms with Crippen LogP contribution in [0.5, 0.6) is 5.75 Å². The topological polar surface area (TPSA) is 50.4 Å². The zero-order chi connectivity index (χ0) is 17.6. The van der Waals surface area contributed by atoms with Crippen LogP contribution in [0.4, 0.5) is 10.5 Å². The molecule has 0 aliphatic heterocycles. The fourth-order valence-electron chi connectivity index (χ4n) is 1.96. The zero-order valence-corrected chi connectivity index (χ0v) is 14.8. The lowest BCUT2D eigenvalue weighted by Crippen LogP contribution is -2.43. The molecule has 4 nitrogen and oxygen atoms in total. The van der Waals surface area contributed by atoms with Gasteiger partial charge in [-0.3, -0.25) is 0 Å². The van der Waals surface area contributed by atoms with Crippen LogP contribution in [0, 0.1) is 5.41 Å². The Kier molecular flexibility index (Phi) is 5.85. The number of nitrogens with one attached hydrogen (secondary N) is 2. The van der Waals surface area contributed by atoms with Crippen molar-refractivity contribution in [3.05, 3.63) is 60.2 Å². The third kappa shape index (κ3) is 5.61. The molecule has 2 N–H and O–H groups in total. The molecule has 0 heterocycles. The van der Waals surface area contributed by atoms with E-state index in [2.05, 4.69) is 31.4 Å². The maximum atomic E-state index is 12.0. The summed E-state index contributed by atoms with van der Waals surface area (Å²) in [4.78, 5) is 12.0. The minimum Gasteiger partial charge on any atom is -0.489 e. The molecule has 1 unspecified atom stereocenters. The van der Waals surface area contributed by atoms with Crippen molar-refractivity contribution in [3.63, 3.8) is 0 Å². The predicted molar refractivity (Wildman–Crippen MR) is 98.3 cm³/mol. The van der Waals surface area contributed by atoms with Gasteiger partial charge in [0.15, 0.2) is 0 Å². The second-order valence-electron chi connectivity index (χ2n) is 6.98. The first-order valence-electron chi connectivity index (χ1n) is 8.19. The molecular weight excluding hydrogens is 300 g/mol. The van der Waals surface area contributed by atoms with Crippen molar-refractivity contribution in [3.8, 4) is 5.75 Å². The molecule has 0 radical (unpaired) electrons. The van der Waals surface area contributed by atoms with E-state index in [9.17, 15) is 4.79 Å². The van der Waals surface area contributed by atoms with Crippen LogP contribution < -0.4 is 15.4 Å². The summed E-state index contributed by atoms with van der Waals surface area (Å²) in [5.74, 6) is 0.771. The van der Waals surface area contributed by atoms with E-state index < -0.39 is 0 Å². The Labute approximate surface area is 144 Å². The van der Waals surface area contributed by atoms with Gasteiger partial charge >= 0.3 is 6.03 Å². The summed E-state index contributed by atoms with van der Waals surface area (Å²) in [6, 6.07) is 17.3. The third-order valence-electron chi connectivity index (χ3n) is 4.01. The molecule has 4 heteroatoms. The van der Waals surface area contributed by atoms with Gasteiger partial charge in [0.2, 0.25) is 0 Å². The van der Waals surface area contributed by atoms with Crippen LogP contribution in [0.1, 0.15) is 33.3 Å². The smallest absolute Gasteiger partial charge is 0.319 e. The van der Waals surface area contributed by atoms with Crippen LogP contribution >= 0.6 is 0 Å². The van der Waals surface area contributed by atoms with Crippen LogP contribution in [-0.2, 0) is 6.61 Å². The first-order valence-corrected chi connectivity index (χ1v) is 8.19. The number of anilines is 1. The second kappa shape index (κ2) is 7.86. The summed E-state index contributed by atoms with van der Waals surface area (Å²) in [5.41, 5.74) is 1.88. The van der Waals surface area contributed by atoms with Crippen LogP contribution in [0.25, 0.3) is 0 Å². The lowest BCUT2D eigenvalue weighted by atomic mass is 9.88. The molecular formula is C20H26N2O2. The minimum absolute atomic E-state index is 0.0203. The van der Waals surface area contributed by atoms with Crippen molar-refractivity contribution in [1.82, 2.24) is 5.32 Å². The van der Waals surface area contributed by atoms with Gasteiger partial charge in [0.1, 0.15) is 12.4 Å². The monoisotopic (exact) mass is 326 g/mol. The van der Waals surface area contributed by atoms with Gasteiger partial charge in [0.05, 0.1) is 0 Å². The summed E-state index contributed by atoms with van der Waals surface area (Å²) in [5, 5.41) is 5.79. The molecule has 0 spiro atoms. The fraction of sp³-hybridized carbons (Fsp3) is 0.350. The van der Waals surface area contributed by atoms with Crippen molar-refractivity contribution >= 4 is 11.7 Å². The Hall–Kier alpha value is -2.49. The van der Waals surface area contributed by atoms with Gasteiger partial charge in [0.25, 0.3) is 0 Å². The molecule has 0 aromatic heterocycles. The van der Waals surface area contributed by atoms with Crippen LogP contribution in [0.2, 0.25) is 0 Å². The minimum atomic E-state index is -0.199. The molecule has 1 atom stereocenters. The number of urea groups is 1. The number of benzene rings is 2. The van der Waals surface area contributed by atoms with Crippen molar-refractivity contribution < 1.29 is 9.53 Å². The van der Waals surface area contributed by atoms with E-state index in [0.29, 0.717) is 6.61 Å². The highest BCUT2D eigenvalue weighted by molar-refractivity contribution is 5.89. The van der Waals surface area contributed by atoms with Crippen LogP contribution in [0.3, 0.4) is 0 Å². The Bertz CT molecular complexity index is 646. The summed E-state index contributed by atoms with van der Waals surface area (Å²) < 4.78 is 5.73. The highest BCUT2D eigenvalue weighted by Gasteiger charge is 2.21. The summed E-state index contributed by atoms with van der Waals surface area (Å²) in [7, 11) is 0. The number of carbonyl (C=O) groups excluding carboxylic acids is 1. The van der Waals surface area contributed by atoms with Crippen LogP contribution in [0.15, 0.2) is 54.6 Å². The SMILES string of the molecule is CC(NC(=O)Nc1ccc(OCc2ccccc2)cc1)C(C)(C)C. The molecule has 2 amide bonds. The normalized spacial score (nSPS) is 12.3. The summed E-state index contributed by atoms with van der Waals surface area (Å²) >= 11 is 0. The average molecular weight is 326 g/mol. The van der Waals surface area contributed by atoms with E-state index in [1.165, 1.54) is 0 Å². The molecule has 128 valence electrons. The number of hydrogen-bond donors (Lipinski definition) is 2. The van der Waals surface area contributed by atoms with Crippen LogP contribution in [-0.4, -0.2) is 12.1 Å². The molecule has 0 aliphatic carbocycles. The van der Waals surface area contributed by atoms with E-state index in [4.69, 9.17) is 4.74 Å². The van der Waals surface area contributed by atoms with Gasteiger partial charge in [-0.15, -0.1) is 0 Å². The zero-order valence-electron chi connectivity index (χ0n) is 14.8. The molecule has 0 aliphatic rings. The summed E-state index contributed by atoms with van der Waals surface area (Å²) in [6.45, 7) is 8.81. The van der Waals surface area contributed by atoms with Crippen molar-refractivity contribution in [1.29, 1.82) is 0 Å². The molecule has 2 aromatic rings. The second-order valence-corrected chi connectivity index (χ2v) is 6.98. The number of rotatable bonds is 5. The lowest BCUT2D eigenvalue weighted by Gasteiger charge is -2.28. The van der Waals surface area contributed by atoms with Crippen molar-refractivity contribution in [2.45, 2.75) is 40.3 Å². The van der Waals surface area contributed by atoms with E-state index in [1.54, 1.807) is 0 Å². The maximum absolute atomic E-state index is 12.0. The number of ether oxygens (including phenoxy) is 1. The summed E-state index contributed by atoms with van der Waals surface area (Å²) in [6.07, 6.45) is 0. The van der Waals surface area contributed by atoms with Gasteiger partial charge in [-0.25, -0.2) is 4.79 Å². The third-order valence-corrected chi connectivity index (χ3v) is 4.01. The van der Waals surface area contributed by atoms with Gasteiger partial charge in [-0.05, 0) is 42.2 Å². The quantitative estimate of drug-likeness (QED) is 0.827. The van der Waals surface area contributed by atoms with Gasteiger partial charge in [-0.1, -0.05) is 51.1 Å². The van der Waals surface area contributed by atoms with E-state index >= 15 is 0 Å². The average Bonchev–Trinajstić information content (AvgIpc) is 2.54. The Morgan fingerprint density at radius 2 is 1.67 bits per heavy atom. The fourth-order valence-corrected chi connectivity index (χ4v) is 1.96. The highest BCUT2D eigenvalue weighted by atomic mass is 16.5. The molecule has 2 rings (SSSR count). The predicted octanol–water partition coefficient (Wildman–Crippen LogP) is 4.82. The molecule has 0 bridgehead atoms. The Balaban J connectivity index is 1.84. The van der Waals surface area contributed by atoms with Crippen molar-refractivity contribution in [2.75, 3.05) is 5.32 Å². The van der Waals surface area contributed by atoms with E-state index in [-0.39, 0.29) is 17.5 Å². The molecule has 0 saturated heterocycles. The van der Waals surface area contributed by atoms with Gasteiger partial charge in [-0.2, -0.15) is 0 Å². The highest BCUT2D eigenvalue weighted by Crippen LogP contribution is 2.19. The van der Waals surface area contributed by atoms with E-state index in [1.807, 2.05) is 61.5 Å². The molecule has 2 aromatic carbocycles. The molecule has 24 heavy (non-hydrogen) atoms. The molecule has 0 saturated carbocycles. The van der Waals surface area contributed by atoms with Gasteiger partial charge in [0, 0.05) is 11.7 Å².